The molecule has 0 aromatic carbocycles. The highest BCUT2D eigenvalue weighted by Crippen LogP contribution is 2.17. The molecule has 0 radical (unpaired) electrons. The molecule has 6 heteroatoms. The number of rotatable bonds is 3. The lowest BCUT2D eigenvalue weighted by Gasteiger charge is -2.37. The summed E-state index contributed by atoms with van der Waals surface area (Å²) >= 11 is 0. The Morgan fingerprint density at radius 2 is 2.11 bits per heavy atom. The molecular weight excluding hydrogens is 244 g/mol. The maximum Gasteiger partial charge on any atom is 0.245 e. The molecular formula is C13H20N4O2. The highest BCUT2D eigenvalue weighted by Gasteiger charge is 2.37. The Balaban J connectivity index is 2.26. The molecule has 1 aromatic heterocycles. The second-order valence-electron chi connectivity index (χ2n) is 5.02. The van der Waals surface area contributed by atoms with E-state index in [0.717, 1.165) is 11.4 Å². The van der Waals surface area contributed by atoms with Crippen molar-refractivity contribution in [2.24, 2.45) is 7.05 Å². The Morgan fingerprint density at radius 3 is 2.63 bits per heavy atom. The van der Waals surface area contributed by atoms with Crippen LogP contribution in [-0.2, 0) is 23.2 Å². The molecule has 1 aromatic rings. The third-order valence-corrected chi connectivity index (χ3v) is 3.51. The molecule has 0 saturated carbocycles. The number of nitrogens with zero attached hydrogens (tertiary/aromatic N) is 3. The molecule has 0 bridgehead atoms. The largest absolute Gasteiger partial charge is 0.343 e. The smallest absolute Gasteiger partial charge is 0.245 e. The number of hydrogen-bond acceptors (Lipinski definition) is 3. The Bertz CT molecular complexity index is 509. The van der Waals surface area contributed by atoms with E-state index in [-0.39, 0.29) is 17.9 Å². The van der Waals surface area contributed by atoms with Gasteiger partial charge in [-0.15, -0.1) is 0 Å². The highest BCUT2D eigenvalue weighted by molar-refractivity contribution is 5.96. The zero-order valence-corrected chi connectivity index (χ0v) is 11.8. The number of nitrogens with one attached hydrogen (secondary N) is 1. The van der Waals surface area contributed by atoms with Gasteiger partial charge in [0.1, 0.15) is 12.1 Å². The van der Waals surface area contributed by atoms with E-state index in [0.29, 0.717) is 13.0 Å². The first-order valence-electron chi connectivity index (χ1n) is 6.54. The maximum atomic E-state index is 12.2. The van der Waals surface area contributed by atoms with Gasteiger partial charge in [-0.25, -0.2) is 0 Å². The van der Waals surface area contributed by atoms with Crippen LogP contribution in [0.1, 0.15) is 31.7 Å². The first kappa shape index (κ1) is 13.6. The minimum absolute atomic E-state index is 0.0368. The average molecular weight is 264 g/mol. The van der Waals surface area contributed by atoms with Gasteiger partial charge >= 0.3 is 0 Å². The summed E-state index contributed by atoms with van der Waals surface area (Å²) in [5.74, 6) is -0.112. The summed E-state index contributed by atoms with van der Waals surface area (Å²) in [6.07, 6.45) is 0.612. The second kappa shape index (κ2) is 5.03. The van der Waals surface area contributed by atoms with Gasteiger partial charge < -0.3 is 10.2 Å². The maximum absolute atomic E-state index is 12.2. The number of carbonyl (C=O) groups excluding carboxylic acids is 2. The van der Waals surface area contributed by atoms with E-state index in [1.54, 1.807) is 16.5 Å². The molecule has 2 heterocycles. The van der Waals surface area contributed by atoms with E-state index >= 15 is 0 Å². The van der Waals surface area contributed by atoms with Gasteiger partial charge in [0, 0.05) is 7.05 Å². The van der Waals surface area contributed by atoms with Crippen molar-refractivity contribution in [1.29, 1.82) is 0 Å². The minimum atomic E-state index is -0.454. The van der Waals surface area contributed by atoms with Crippen molar-refractivity contribution in [3.8, 4) is 0 Å². The van der Waals surface area contributed by atoms with Crippen LogP contribution < -0.4 is 5.32 Å². The molecule has 1 fully saturated rings. The van der Waals surface area contributed by atoms with Crippen LogP contribution in [0.15, 0.2) is 6.07 Å². The van der Waals surface area contributed by atoms with Crippen LogP contribution in [-0.4, -0.2) is 38.6 Å². The van der Waals surface area contributed by atoms with Crippen LogP contribution in [0, 0.1) is 6.92 Å². The minimum Gasteiger partial charge on any atom is -0.343 e. The van der Waals surface area contributed by atoms with E-state index in [4.69, 9.17) is 0 Å². The summed E-state index contributed by atoms with van der Waals surface area (Å²) in [7, 11) is 1.85. The topological polar surface area (TPSA) is 67.2 Å². The number of aromatic nitrogens is 2. The van der Waals surface area contributed by atoms with Gasteiger partial charge in [0.2, 0.25) is 11.8 Å². The molecule has 0 spiro atoms. The quantitative estimate of drug-likeness (QED) is 0.857. The summed E-state index contributed by atoms with van der Waals surface area (Å²) in [6.45, 7) is 5.96. The lowest BCUT2D eigenvalue weighted by atomic mass is 10.1. The SMILES string of the molecule is CCC1C(=O)NC(C)C(=O)N1Cc1cc(C)nn1C. The van der Waals surface area contributed by atoms with Crippen molar-refractivity contribution < 1.29 is 9.59 Å². The Hall–Kier alpha value is -1.85. The molecule has 104 valence electrons. The molecule has 2 atom stereocenters. The molecule has 2 rings (SSSR count). The van der Waals surface area contributed by atoms with Crippen molar-refractivity contribution in [3.05, 3.63) is 17.5 Å². The van der Waals surface area contributed by atoms with Gasteiger partial charge in [-0.3, -0.25) is 14.3 Å². The van der Waals surface area contributed by atoms with Gasteiger partial charge in [-0.1, -0.05) is 6.92 Å². The fourth-order valence-electron chi connectivity index (χ4n) is 2.50. The standard InChI is InChI=1S/C13H20N4O2/c1-5-11-12(18)14-9(3)13(19)17(11)7-10-6-8(2)15-16(10)4/h6,9,11H,5,7H2,1-4H3,(H,14,18). The average Bonchev–Trinajstić information content (AvgIpc) is 2.65. The van der Waals surface area contributed by atoms with Gasteiger partial charge in [0.25, 0.3) is 0 Å². The fraction of sp³-hybridized carbons (Fsp3) is 0.615. The Kier molecular flexibility index (Phi) is 3.59. The van der Waals surface area contributed by atoms with E-state index in [2.05, 4.69) is 10.4 Å². The molecule has 1 N–H and O–H groups in total. The van der Waals surface area contributed by atoms with Gasteiger partial charge in [-0.2, -0.15) is 5.10 Å². The predicted molar refractivity (Wildman–Crippen MR) is 70.2 cm³/mol. The summed E-state index contributed by atoms with van der Waals surface area (Å²) in [5, 5.41) is 6.98. The van der Waals surface area contributed by atoms with Crippen molar-refractivity contribution in [1.82, 2.24) is 20.0 Å². The van der Waals surface area contributed by atoms with E-state index in [1.807, 2.05) is 27.0 Å². The van der Waals surface area contributed by atoms with Crippen molar-refractivity contribution in [3.63, 3.8) is 0 Å². The first-order valence-corrected chi connectivity index (χ1v) is 6.54. The van der Waals surface area contributed by atoms with Gasteiger partial charge in [0.05, 0.1) is 17.9 Å². The Labute approximate surface area is 112 Å². The normalized spacial score (nSPS) is 23.7. The van der Waals surface area contributed by atoms with Crippen molar-refractivity contribution in [2.45, 2.75) is 45.8 Å². The molecule has 19 heavy (non-hydrogen) atoms. The first-order chi connectivity index (χ1) is 8.93. The van der Waals surface area contributed by atoms with E-state index in [1.165, 1.54) is 0 Å². The lowest BCUT2D eigenvalue weighted by Crippen LogP contribution is -2.61. The van der Waals surface area contributed by atoms with Gasteiger partial charge in [-0.05, 0) is 26.3 Å². The number of carbonyl (C=O) groups is 2. The lowest BCUT2D eigenvalue weighted by molar-refractivity contribution is -0.149. The van der Waals surface area contributed by atoms with Crippen LogP contribution in [0.4, 0.5) is 0 Å². The third-order valence-electron chi connectivity index (χ3n) is 3.51. The molecule has 1 aliphatic rings. The van der Waals surface area contributed by atoms with E-state index in [9.17, 15) is 9.59 Å². The van der Waals surface area contributed by atoms with Crippen molar-refractivity contribution >= 4 is 11.8 Å². The molecule has 1 saturated heterocycles. The summed E-state index contributed by atoms with van der Waals surface area (Å²) in [5.41, 5.74) is 1.85. The zero-order chi connectivity index (χ0) is 14.2. The fourth-order valence-corrected chi connectivity index (χ4v) is 2.50. The van der Waals surface area contributed by atoms with Crippen molar-refractivity contribution in [2.75, 3.05) is 0 Å². The summed E-state index contributed by atoms with van der Waals surface area (Å²) in [4.78, 5) is 25.8. The third kappa shape index (κ3) is 2.47. The van der Waals surface area contributed by atoms with Crippen LogP contribution in [0.3, 0.4) is 0 Å². The number of aryl methyl sites for hydroxylation is 2. The zero-order valence-electron chi connectivity index (χ0n) is 11.8. The molecule has 2 amide bonds. The summed E-state index contributed by atoms with van der Waals surface area (Å²) < 4.78 is 1.76. The second-order valence-corrected chi connectivity index (χ2v) is 5.02. The molecule has 6 nitrogen and oxygen atoms in total. The van der Waals surface area contributed by atoms with Crippen LogP contribution in [0.25, 0.3) is 0 Å². The van der Waals surface area contributed by atoms with E-state index < -0.39 is 6.04 Å². The molecule has 2 unspecified atom stereocenters. The number of amides is 2. The van der Waals surface area contributed by atoms with Crippen LogP contribution in [0.2, 0.25) is 0 Å². The van der Waals surface area contributed by atoms with Crippen LogP contribution >= 0.6 is 0 Å². The highest BCUT2D eigenvalue weighted by atomic mass is 16.2. The summed E-state index contributed by atoms with van der Waals surface area (Å²) in [6, 6.07) is 1.10. The monoisotopic (exact) mass is 264 g/mol. The van der Waals surface area contributed by atoms with Gasteiger partial charge in [0.15, 0.2) is 0 Å². The predicted octanol–water partition coefficient (Wildman–Crippen LogP) is 0.354. The molecule has 0 aliphatic carbocycles. The number of piperazine rings is 1. The molecule has 1 aliphatic heterocycles. The Morgan fingerprint density at radius 1 is 1.42 bits per heavy atom. The van der Waals surface area contributed by atoms with Crippen LogP contribution in [0.5, 0.6) is 0 Å². The number of hydrogen-bond donors (Lipinski definition) is 1.